The summed E-state index contributed by atoms with van der Waals surface area (Å²) in [4.78, 5) is 19.6. The molecule has 0 aliphatic heterocycles. The maximum Gasteiger partial charge on any atom is 0.416 e. The molecule has 0 atom stereocenters. The number of rotatable bonds is 2. The van der Waals surface area contributed by atoms with E-state index in [9.17, 15) is 22.4 Å². The van der Waals surface area contributed by atoms with Crippen molar-refractivity contribution >= 4 is 22.6 Å². The number of carbonyl (C=O) groups is 1. The number of carboxylic acids is 1. The molecule has 4 rings (SSSR count). The third-order valence-corrected chi connectivity index (χ3v) is 4.12. The van der Waals surface area contributed by atoms with Crippen molar-refractivity contribution in [1.82, 2.24) is 14.4 Å². The average molecular weight is 375 g/mol. The van der Waals surface area contributed by atoms with Crippen LogP contribution >= 0.6 is 0 Å². The van der Waals surface area contributed by atoms with Crippen molar-refractivity contribution in [1.29, 1.82) is 0 Å². The maximum absolute atomic E-state index is 14.4. The summed E-state index contributed by atoms with van der Waals surface area (Å²) < 4.78 is 54.3. The van der Waals surface area contributed by atoms with Crippen LogP contribution in [0.5, 0.6) is 0 Å². The van der Waals surface area contributed by atoms with E-state index in [0.717, 1.165) is 12.1 Å². The van der Waals surface area contributed by atoms with Crippen LogP contribution in [-0.4, -0.2) is 25.4 Å². The molecular weight excluding hydrogens is 366 g/mol. The van der Waals surface area contributed by atoms with Crippen molar-refractivity contribution in [2.75, 3.05) is 0 Å². The minimum Gasteiger partial charge on any atom is -0.478 e. The smallest absolute Gasteiger partial charge is 0.416 e. The molecule has 0 bridgehead atoms. The van der Waals surface area contributed by atoms with Gasteiger partial charge in [0.1, 0.15) is 11.5 Å². The minimum atomic E-state index is -4.67. The van der Waals surface area contributed by atoms with Crippen LogP contribution in [0.2, 0.25) is 0 Å². The Kier molecular flexibility index (Phi) is 3.62. The predicted molar refractivity (Wildman–Crippen MR) is 87.8 cm³/mol. The van der Waals surface area contributed by atoms with Crippen molar-refractivity contribution in [3.8, 4) is 11.3 Å². The normalized spacial score (nSPS) is 12.0. The van der Waals surface area contributed by atoms with Crippen LogP contribution in [0.4, 0.5) is 17.6 Å². The second-order valence-electron chi connectivity index (χ2n) is 5.78. The molecule has 0 aliphatic carbocycles. The Hall–Kier alpha value is -3.49. The van der Waals surface area contributed by atoms with Crippen LogP contribution in [0, 0.1) is 5.82 Å². The van der Waals surface area contributed by atoms with Crippen LogP contribution < -0.4 is 0 Å². The highest BCUT2D eigenvalue weighted by Gasteiger charge is 2.31. The number of fused-ring (bicyclic) bond motifs is 3. The van der Waals surface area contributed by atoms with E-state index in [1.807, 2.05) is 0 Å². The van der Waals surface area contributed by atoms with E-state index < -0.39 is 23.5 Å². The SMILES string of the molecule is O=C(O)c1ccc2c(c1)nc(-c1ccc(C(F)(F)F)cc1F)c1nccn12. The van der Waals surface area contributed by atoms with Gasteiger partial charge in [-0.05, 0) is 36.4 Å². The monoisotopic (exact) mass is 375 g/mol. The molecule has 27 heavy (non-hydrogen) atoms. The number of nitrogens with zero attached hydrogens (tertiary/aromatic N) is 3. The third kappa shape index (κ3) is 2.77. The van der Waals surface area contributed by atoms with Crippen molar-refractivity contribution in [2.24, 2.45) is 0 Å². The molecule has 2 heterocycles. The molecule has 0 saturated heterocycles. The van der Waals surface area contributed by atoms with Crippen LogP contribution in [0.15, 0.2) is 48.8 Å². The number of carboxylic acid groups (broad SMARTS) is 1. The summed E-state index contributed by atoms with van der Waals surface area (Å²) in [5.41, 5.74) is -0.268. The van der Waals surface area contributed by atoms with Gasteiger partial charge in [0.15, 0.2) is 5.65 Å². The van der Waals surface area contributed by atoms with Gasteiger partial charge in [-0.3, -0.25) is 4.40 Å². The zero-order valence-electron chi connectivity index (χ0n) is 13.3. The molecule has 0 fully saturated rings. The van der Waals surface area contributed by atoms with Gasteiger partial charge in [0, 0.05) is 18.0 Å². The number of benzene rings is 2. The first-order valence-electron chi connectivity index (χ1n) is 7.63. The summed E-state index contributed by atoms with van der Waals surface area (Å²) in [6, 6.07) is 6.38. The summed E-state index contributed by atoms with van der Waals surface area (Å²) in [6.07, 6.45) is -1.66. The molecule has 1 N–H and O–H groups in total. The molecule has 2 aromatic carbocycles. The Morgan fingerprint density at radius 3 is 2.56 bits per heavy atom. The summed E-state index contributed by atoms with van der Waals surface area (Å²) in [5.74, 6) is -2.26. The molecule has 0 radical (unpaired) electrons. The van der Waals surface area contributed by atoms with Gasteiger partial charge in [-0.2, -0.15) is 13.2 Å². The van der Waals surface area contributed by atoms with Gasteiger partial charge < -0.3 is 5.11 Å². The quantitative estimate of drug-likeness (QED) is 0.527. The number of aromatic nitrogens is 3. The van der Waals surface area contributed by atoms with E-state index in [0.29, 0.717) is 11.6 Å². The van der Waals surface area contributed by atoms with Crippen molar-refractivity contribution in [3.05, 3.63) is 65.7 Å². The Morgan fingerprint density at radius 1 is 1.11 bits per heavy atom. The predicted octanol–water partition coefficient (Wildman–Crippen LogP) is 4.41. The number of imidazole rings is 1. The molecule has 2 aromatic heterocycles. The van der Waals surface area contributed by atoms with E-state index in [-0.39, 0.29) is 28.0 Å². The first-order valence-corrected chi connectivity index (χ1v) is 7.63. The molecule has 0 saturated carbocycles. The summed E-state index contributed by atoms with van der Waals surface area (Å²) in [7, 11) is 0. The Balaban J connectivity index is 2.00. The van der Waals surface area contributed by atoms with Gasteiger partial charge in [-0.25, -0.2) is 19.2 Å². The van der Waals surface area contributed by atoms with Gasteiger partial charge in [-0.1, -0.05) is 0 Å². The molecule has 0 aliphatic rings. The fourth-order valence-corrected chi connectivity index (χ4v) is 2.86. The Bertz CT molecular complexity index is 1210. The topological polar surface area (TPSA) is 67.5 Å². The van der Waals surface area contributed by atoms with Crippen LogP contribution in [0.25, 0.3) is 27.9 Å². The number of hydrogen-bond donors (Lipinski definition) is 1. The minimum absolute atomic E-state index is 0.0151. The van der Waals surface area contributed by atoms with Gasteiger partial charge in [0.25, 0.3) is 0 Å². The largest absolute Gasteiger partial charge is 0.478 e. The lowest BCUT2D eigenvalue weighted by molar-refractivity contribution is -0.137. The molecule has 0 amide bonds. The highest BCUT2D eigenvalue weighted by molar-refractivity contribution is 5.94. The van der Waals surface area contributed by atoms with Crippen LogP contribution in [-0.2, 0) is 6.18 Å². The van der Waals surface area contributed by atoms with E-state index in [1.54, 1.807) is 10.6 Å². The molecular formula is C18H9F4N3O2. The number of alkyl halides is 3. The van der Waals surface area contributed by atoms with Crippen molar-refractivity contribution < 1.29 is 27.5 Å². The van der Waals surface area contributed by atoms with Crippen LogP contribution in [0.1, 0.15) is 15.9 Å². The standard InChI is InChI=1S/C18H9F4N3O2/c19-12-8-10(18(20,21)22)2-3-11(12)15-16-23-5-6-25(16)14-4-1-9(17(26)27)7-13(14)24-15/h1-8H,(H,26,27). The van der Waals surface area contributed by atoms with Gasteiger partial charge in [-0.15, -0.1) is 0 Å². The third-order valence-electron chi connectivity index (χ3n) is 4.12. The lowest BCUT2D eigenvalue weighted by atomic mass is 10.1. The maximum atomic E-state index is 14.4. The lowest BCUT2D eigenvalue weighted by Gasteiger charge is -2.11. The highest BCUT2D eigenvalue weighted by atomic mass is 19.4. The van der Waals surface area contributed by atoms with E-state index >= 15 is 0 Å². The first kappa shape index (κ1) is 17.0. The van der Waals surface area contributed by atoms with Gasteiger partial charge in [0.05, 0.1) is 22.2 Å². The second kappa shape index (κ2) is 5.76. The van der Waals surface area contributed by atoms with Crippen molar-refractivity contribution in [2.45, 2.75) is 6.18 Å². The molecule has 4 aromatic rings. The lowest BCUT2D eigenvalue weighted by Crippen LogP contribution is -2.06. The van der Waals surface area contributed by atoms with Gasteiger partial charge in [0.2, 0.25) is 0 Å². The molecule has 0 unspecified atom stereocenters. The molecule has 0 spiro atoms. The zero-order chi connectivity index (χ0) is 19.3. The molecule has 136 valence electrons. The number of halogens is 4. The van der Waals surface area contributed by atoms with Crippen molar-refractivity contribution in [3.63, 3.8) is 0 Å². The Morgan fingerprint density at radius 2 is 1.89 bits per heavy atom. The van der Waals surface area contributed by atoms with E-state index in [4.69, 9.17) is 5.11 Å². The molecule has 5 nitrogen and oxygen atoms in total. The number of aromatic carboxylic acids is 1. The first-order chi connectivity index (χ1) is 12.8. The average Bonchev–Trinajstić information content (AvgIpc) is 3.09. The van der Waals surface area contributed by atoms with E-state index in [1.165, 1.54) is 24.4 Å². The fraction of sp³-hybridized carbons (Fsp3) is 0.0556. The summed E-state index contributed by atoms with van der Waals surface area (Å²) in [5, 5.41) is 9.14. The Labute approximate surface area is 148 Å². The van der Waals surface area contributed by atoms with E-state index in [2.05, 4.69) is 9.97 Å². The van der Waals surface area contributed by atoms with Gasteiger partial charge >= 0.3 is 12.1 Å². The molecule has 9 heteroatoms. The summed E-state index contributed by atoms with van der Waals surface area (Å²) in [6.45, 7) is 0. The second-order valence-corrected chi connectivity index (χ2v) is 5.78. The summed E-state index contributed by atoms with van der Waals surface area (Å²) >= 11 is 0. The highest BCUT2D eigenvalue weighted by Crippen LogP contribution is 2.34. The zero-order valence-corrected chi connectivity index (χ0v) is 13.3. The fourth-order valence-electron chi connectivity index (χ4n) is 2.86. The number of hydrogen-bond acceptors (Lipinski definition) is 3. The van der Waals surface area contributed by atoms with Crippen LogP contribution in [0.3, 0.4) is 0 Å².